The van der Waals surface area contributed by atoms with Crippen molar-refractivity contribution in [2.24, 2.45) is 0 Å². The molecule has 0 spiro atoms. The van der Waals surface area contributed by atoms with Gasteiger partial charge in [-0.25, -0.2) is 0 Å². The third kappa shape index (κ3) is 7.81. The van der Waals surface area contributed by atoms with E-state index in [2.05, 4.69) is 56.4 Å². The van der Waals surface area contributed by atoms with E-state index in [1.54, 1.807) is 4.90 Å². The number of rotatable bonds is 11. The van der Waals surface area contributed by atoms with E-state index in [4.69, 9.17) is 0 Å². The average Bonchev–Trinajstić information content (AvgIpc) is 2.86. The predicted molar refractivity (Wildman–Crippen MR) is 148 cm³/mol. The van der Waals surface area contributed by atoms with Crippen molar-refractivity contribution in [3.8, 4) is 0 Å². The summed E-state index contributed by atoms with van der Waals surface area (Å²) in [5, 5.41) is 3.06. The van der Waals surface area contributed by atoms with Gasteiger partial charge >= 0.3 is 0 Å². The Kier molecular flexibility index (Phi) is 9.86. The van der Waals surface area contributed by atoms with E-state index in [0.717, 1.165) is 22.3 Å². The van der Waals surface area contributed by atoms with Crippen LogP contribution in [0.5, 0.6) is 0 Å². The molecule has 0 heterocycles. The zero-order valence-electron chi connectivity index (χ0n) is 22.3. The first-order valence-electron chi connectivity index (χ1n) is 13.0. The van der Waals surface area contributed by atoms with Crippen molar-refractivity contribution < 1.29 is 9.59 Å². The van der Waals surface area contributed by atoms with Crippen LogP contribution in [0.4, 0.5) is 0 Å². The fourth-order valence-corrected chi connectivity index (χ4v) is 4.37. The van der Waals surface area contributed by atoms with Gasteiger partial charge in [-0.1, -0.05) is 92.7 Å². The van der Waals surface area contributed by atoms with Crippen molar-refractivity contribution >= 4 is 11.8 Å². The molecule has 3 aromatic rings. The van der Waals surface area contributed by atoms with E-state index < -0.39 is 6.04 Å². The van der Waals surface area contributed by atoms with Crippen LogP contribution >= 0.6 is 0 Å². The molecule has 0 aliphatic rings. The summed E-state index contributed by atoms with van der Waals surface area (Å²) in [4.78, 5) is 29.0. The van der Waals surface area contributed by atoms with Gasteiger partial charge in [-0.3, -0.25) is 9.59 Å². The number of carbonyl (C=O) groups excluding carboxylic acids is 2. The maximum Gasteiger partial charge on any atom is 0.243 e. The average molecular weight is 485 g/mol. The molecule has 0 saturated heterocycles. The highest BCUT2D eigenvalue weighted by Gasteiger charge is 2.30. The molecular weight excluding hydrogens is 444 g/mol. The third-order valence-corrected chi connectivity index (χ3v) is 6.58. The van der Waals surface area contributed by atoms with E-state index in [-0.39, 0.29) is 17.9 Å². The first-order valence-corrected chi connectivity index (χ1v) is 13.0. The van der Waals surface area contributed by atoms with Crippen molar-refractivity contribution in [2.75, 3.05) is 0 Å². The monoisotopic (exact) mass is 484 g/mol. The molecule has 0 saturated carbocycles. The fourth-order valence-electron chi connectivity index (χ4n) is 4.37. The Morgan fingerprint density at radius 3 is 2.06 bits per heavy atom. The van der Waals surface area contributed by atoms with Crippen LogP contribution in [-0.4, -0.2) is 28.8 Å². The molecule has 0 aliphatic carbocycles. The van der Waals surface area contributed by atoms with Crippen LogP contribution in [-0.2, 0) is 29.0 Å². The molecule has 0 bridgehead atoms. The summed E-state index contributed by atoms with van der Waals surface area (Å²) in [5.74, 6) is 0.353. The Morgan fingerprint density at radius 2 is 1.44 bits per heavy atom. The normalized spacial score (nSPS) is 12.0. The number of benzene rings is 3. The summed E-state index contributed by atoms with van der Waals surface area (Å²) in [6, 6.07) is 25.9. The van der Waals surface area contributed by atoms with Gasteiger partial charge in [0.15, 0.2) is 0 Å². The Bertz CT molecular complexity index is 1120. The van der Waals surface area contributed by atoms with Crippen LogP contribution in [0.15, 0.2) is 78.9 Å². The molecule has 36 heavy (non-hydrogen) atoms. The zero-order valence-corrected chi connectivity index (χ0v) is 22.3. The van der Waals surface area contributed by atoms with Gasteiger partial charge in [-0.2, -0.15) is 0 Å². The summed E-state index contributed by atoms with van der Waals surface area (Å²) in [5.41, 5.74) is 5.63. The third-order valence-electron chi connectivity index (χ3n) is 6.58. The Hall–Kier alpha value is -3.40. The number of nitrogens with one attached hydrogen (secondary N) is 1. The van der Waals surface area contributed by atoms with Gasteiger partial charge < -0.3 is 10.2 Å². The maximum absolute atomic E-state index is 13.8. The molecule has 3 aromatic carbocycles. The molecule has 0 fully saturated rings. The molecule has 0 aromatic heterocycles. The minimum absolute atomic E-state index is 0.00831. The number of amides is 2. The summed E-state index contributed by atoms with van der Waals surface area (Å²) in [6.07, 6.45) is 1.47. The summed E-state index contributed by atoms with van der Waals surface area (Å²) in [7, 11) is 0. The van der Waals surface area contributed by atoms with E-state index in [9.17, 15) is 9.59 Å². The largest absolute Gasteiger partial charge is 0.352 e. The minimum atomic E-state index is -0.592. The molecule has 2 amide bonds. The lowest BCUT2D eigenvalue weighted by Crippen LogP contribution is -2.51. The minimum Gasteiger partial charge on any atom is -0.352 e. The van der Waals surface area contributed by atoms with E-state index in [1.165, 1.54) is 5.56 Å². The standard InChI is InChI=1S/C32H40N2O2/c1-23(2)28-18-15-26(16-19-28)17-20-31(35)34(22-29-14-10-9-11-25(29)5)30(32(36)33-24(3)4)21-27-12-7-6-8-13-27/h6-16,18-19,23-24,30H,17,20-22H2,1-5H3,(H,33,36)/t30-/m0/s1. The van der Waals surface area contributed by atoms with Crippen LogP contribution in [0.25, 0.3) is 0 Å². The number of carbonyl (C=O) groups is 2. The van der Waals surface area contributed by atoms with E-state index in [0.29, 0.717) is 31.7 Å². The van der Waals surface area contributed by atoms with Crippen molar-refractivity contribution in [3.05, 3.63) is 107 Å². The summed E-state index contributed by atoms with van der Waals surface area (Å²) < 4.78 is 0. The molecule has 3 rings (SSSR count). The SMILES string of the molecule is Cc1ccccc1CN(C(=O)CCc1ccc(C(C)C)cc1)[C@@H](Cc1ccccc1)C(=O)NC(C)C. The maximum atomic E-state index is 13.8. The second-order valence-electron chi connectivity index (χ2n) is 10.2. The van der Waals surface area contributed by atoms with Crippen molar-refractivity contribution in [2.45, 2.75) is 78.4 Å². The Labute approximate surface area is 216 Å². The first-order chi connectivity index (χ1) is 17.2. The van der Waals surface area contributed by atoms with Gasteiger partial charge in [0.1, 0.15) is 6.04 Å². The van der Waals surface area contributed by atoms with Crippen LogP contribution < -0.4 is 5.32 Å². The topological polar surface area (TPSA) is 49.4 Å². The summed E-state index contributed by atoms with van der Waals surface area (Å²) in [6.45, 7) is 10.7. The Morgan fingerprint density at radius 1 is 0.806 bits per heavy atom. The fraction of sp³-hybridized carbons (Fsp3) is 0.375. The van der Waals surface area contributed by atoms with Crippen LogP contribution in [0.1, 0.15) is 67.9 Å². The second kappa shape index (κ2) is 13.1. The summed E-state index contributed by atoms with van der Waals surface area (Å²) >= 11 is 0. The van der Waals surface area contributed by atoms with Crippen LogP contribution in [0.3, 0.4) is 0 Å². The molecule has 0 aliphatic heterocycles. The molecule has 1 atom stereocenters. The molecule has 4 nitrogen and oxygen atoms in total. The highest BCUT2D eigenvalue weighted by atomic mass is 16.2. The number of hydrogen-bond acceptors (Lipinski definition) is 2. The molecule has 1 N–H and O–H groups in total. The predicted octanol–water partition coefficient (Wildman–Crippen LogP) is 6.22. The van der Waals surface area contributed by atoms with E-state index >= 15 is 0 Å². The molecule has 0 unspecified atom stereocenters. The van der Waals surface area contributed by atoms with Crippen molar-refractivity contribution in [3.63, 3.8) is 0 Å². The van der Waals surface area contributed by atoms with Crippen LogP contribution in [0.2, 0.25) is 0 Å². The van der Waals surface area contributed by atoms with Crippen LogP contribution in [0, 0.1) is 6.92 Å². The number of aryl methyl sites for hydroxylation is 2. The van der Waals surface area contributed by atoms with E-state index in [1.807, 2.05) is 62.4 Å². The highest BCUT2D eigenvalue weighted by molar-refractivity contribution is 5.88. The Balaban J connectivity index is 1.89. The highest BCUT2D eigenvalue weighted by Crippen LogP contribution is 2.20. The van der Waals surface area contributed by atoms with Gasteiger partial charge in [0.05, 0.1) is 0 Å². The van der Waals surface area contributed by atoms with Gasteiger partial charge in [-0.15, -0.1) is 0 Å². The molecule has 4 heteroatoms. The molecular formula is C32H40N2O2. The van der Waals surface area contributed by atoms with Crippen molar-refractivity contribution in [1.29, 1.82) is 0 Å². The van der Waals surface area contributed by atoms with Crippen molar-refractivity contribution in [1.82, 2.24) is 10.2 Å². The molecule has 190 valence electrons. The van der Waals surface area contributed by atoms with Gasteiger partial charge in [0.25, 0.3) is 0 Å². The lowest BCUT2D eigenvalue weighted by molar-refractivity contribution is -0.141. The number of hydrogen-bond donors (Lipinski definition) is 1. The quantitative estimate of drug-likeness (QED) is 0.351. The zero-order chi connectivity index (χ0) is 26.1. The lowest BCUT2D eigenvalue weighted by Gasteiger charge is -2.32. The van der Waals surface area contributed by atoms with Gasteiger partial charge in [0, 0.05) is 25.4 Å². The lowest BCUT2D eigenvalue weighted by atomic mass is 9.99. The number of nitrogens with zero attached hydrogens (tertiary/aromatic N) is 1. The van der Waals surface area contributed by atoms with Gasteiger partial charge in [0.2, 0.25) is 11.8 Å². The van der Waals surface area contributed by atoms with Gasteiger partial charge in [-0.05, 0) is 60.9 Å². The molecule has 0 radical (unpaired) electrons. The second-order valence-corrected chi connectivity index (χ2v) is 10.2. The smallest absolute Gasteiger partial charge is 0.243 e. The first kappa shape index (κ1) is 27.2.